The third kappa shape index (κ3) is 4.46. The lowest BCUT2D eigenvalue weighted by atomic mass is 10.2. The molecule has 1 heterocycles. The zero-order valence-electron chi connectivity index (χ0n) is 16.9. The monoisotopic (exact) mass is 439 g/mol. The molecule has 0 atom stereocenters. The van der Waals surface area contributed by atoms with Crippen LogP contribution in [0.2, 0.25) is 5.02 Å². The summed E-state index contributed by atoms with van der Waals surface area (Å²) in [5.41, 5.74) is 1.86. The van der Waals surface area contributed by atoms with Gasteiger partial charge in [0, 0.05) is 22.7 Å². The van der Waals surface area contributed by atoms with E-state index in [0.717, 1.165) is 5.39 Å². The number of anilines is 2. The Morgan fingerprint density at radius 2 is 1.71 bits per heavy atom. The third-order valence-electron chi connectivity index (χ3n) is 4.68. The van der Waals surface area contributed by atoms with Crippen molar-refractivity contribution in [3.05, 3.63) is 77.3 Å². The molecule has 1 N–H and O–H groups in total. The van der Waals surface area contributed by atoms with Gasteiger partial charge in [-0.3, -0.25) is 0 Å². The Bertz CT molecular complexity index is 1240. The summed E-state index contributed by atoms with van der Waals surface area (Å²) in [7, 11) is 3.14. The zero-order valence-corrected chi connectivity index (χ0v) is 17.6. The highest BCUT2D eigenvalue weighted by Gasteiger charge is 2.12. The zero-order chi connectivity index (χ0) is 21.8. The second-order valence-electron chi connectivity index (χ2n) is 6.60. The van der Waals surface area contributed by atoms with Crippen LogP contribution in [0.3, 0.4) is 0 Å². The summed E-state index contributed by atoms with van der Waals surface area (Å²) in [5, 5.41) is 4.39. The number of hydrogen-bond donors (Lipinski definition) is 1. The number of fused-ring (bicyclic) bond motifs is 1. The second kappa shape index (κ2) is 9.06. The van der Waals surface area contributed by atoms with Crippen LogP contribution in [-0.2, 0) is 6.61 Å². The number of aromatic nitrogens is 2. The van der Waals surface area contributed by atoms with Crippen molar-refractivity contribution in [1.82, 2.24) is 9.97 Å². The Labute approximate surface area is 183 Å². The Morgan fingerprint density at radius 1 is 0.935 bits per heavy atom. The largest absolute Gasteiger partial charge is 0.493 e. The van der Waals surface area contributed by atoms with E-state index in [9.17, 15) is 4.39 Å². The quantitative estimate of drug-likeness (QED) is 0.395. The van der Waals surface area contributed by atoms with Gasteiger partial charge in [-0.15, -0.1) is 0 Å². The van der Waals surface area contributed by atoms with E-state index < -0.39 is 0 Å². The average Bonchev–Trinajstić information content (AvgIpc) is 2.79. The molecule has 0 unspecified atom stereocenters. The van der Waals surface area contributed by atoms with E-state index in [2.05, 4.69) is 15.3 Å². The topological polar surface area (TPSA) is 65.5 Å². The van der Waals surface area contributed by atoms with Crippen molar-refractivity contribution in [1.29, 1.82) is 0 Å². The first-order valence-corrected chi connectivity index (χ1v) is 9.76. The number of nitrogens with zero attached hydrogens (tertiary/aromatic N) is 2. The van der Waals surface area contributed by atoms with Crippen molar-refractivity contribution >= 4 is 34.0 Å². The van der Waals surface area contributed by atoms with Gasteiger partial charge in [0.1, 0.15) is 30.3 Å². The van der Waals surface area contributed by atoms with Gasteiger partial charge in [0.05, 0.1) is 24.8 Å². The summed E-state index contributed by atoms with van der Waals surface area (Å²) < 4.78 is 30.2. The number of ether oxygens (including phenoxy) is 3. The van der Waals surface area contributed by atoms with Crippen molar-refractivity contribution in [3.8, 4) is 17.2 Å². The van der Waals surface area contributed by atoms with Crippen LogP contribution in [-0.4, -0.2) is 24.2 Å². The minimum atomic E-state index is -0.320. The normalized spacial score (nSPS) is 10.7. The maximum Gasteiger partial charge on any atom is 0.162 e. The molecule has 0 aliphatic rings. The van der Waals surface area contributed by atoms with E-state index in [1.54, 1.807) is 56.7 Å². The SMILES string of the molecule is COc1cc2ncnc(Nc3ccc(OCc4ccccc4F)c(Cl)c3)c2cc1OC. The summed E-state index contributed by atoms with van der Waals surface area (Å²) in [6.45, 7) is 0.0807. The van der Waals surface area contributed by atoms with E-state index in [1.165, 1.54) is 12.4 Å². The minimum absolute atomic E-state index is 0.0807. The van der Waals surface area contributed by atoms with Gasteiger partial charge in [-0.1, -0.05) is 29.8 Å². The van der Waals surface area contributed by atoms with E-state index >= 15 is 0 Å². The molecule has 8 heteroatoms. The number of hydrogen-bond acceptors (Lipinski definition) is 6. The van der Waals surface area contributed by atoms with Crippen LogP contribution in [0.5, 0.6) is 17.2 Å². The lowest BCUT2D eigenvalue weighted by molar-refractivity contribution is 0.300. The lowest BCUT2D eigenvalue weighted by Gasteiger charge is -2.13. The van der Waals surface area contributed by atoms with Crippen LogP contribution >= 0.6 is 11.6 Å². The number of benzene rings is 3. The first-order chi connectivity index (χ1) is 15.1. The fraction of sp³-hybridized carbons (Fsp3) is 0.130. The first-order valence-electron chi connectivity index (χ1n) is 9.38. The van der Waals surface area contributed by atoms with Crippen LogP contribution in [0.25, 0.3) is 10.9 Å². The maximum atomic E-state index is 13.8. The Balaban J connectivity index is 1.56. The predicted octanol–water partition coefficient (Wildman–Crippen LogP) is 5.76. The fourth-order valence-corrected chi connectivity index (χ4v) is 3.32. The van der Waals surface area contributed by atoms with Crippen molar-refractivity contribution in [2.45, 2.75) is 6.61 Å². The highest BCUT2D eigenvalue weighted by Crippen LogP contribution is 2.35. The lowest BCUT2D eigenvalue weighted by Crippen LogP contribution is -2.00. The van der Waals surface area contributed by atoms with Gasteiger partial charge < -0.3 is 19.5 Å². The van der Waals surface area contributed by atoms with Crippen LogP contribution in [0.4, 0.5) is 15.9 Å². The molecule has 0 spiro atoms. The van der Waals surface area contributed by atoms with Crippen molar-refractivity contribution in [2.24, 2.45) is 0 Å². The smallest absolute Gasteiger partial charge is 0.162 e. The summed E-state index contributed by atoms with van der Waals surface area (Å²) in [5.74, 6) is 1.87. The molecular formula is C23H19ClFN3O3. The second-order valence-corrected chi connectivity index (χ2v) is 7.00. The summed E-state index contributed by atoms with van der Waals surface area (Å²) >= 11 is 6.38. The molecule has 158 valence electrons. The Morgan fingerprint density at radius 3 is 2.45 bits per heavy atom. The molecule has 31 heavy (non-hydrogen) atoms. The van der Waals surface area contributed by atoms with E-state index in [4.69, 9.17) is 25.8 Å². The summed E-state index contributed by atoms with van der Waals surface area (Å²) in [4.78, 5) is 8.63. The van der Waals surface area contributed by atoms with Gasteiger partial charge in [0.25, 0.3) is 0 Å². The highest BCUT2D eigenvalue weighted by atomic mass is 35.5. The molecule has 4 aromatic rings. The maximum absolute atomic E-state index is 13.8. The molecule has 0 saturated heterocycles. The molecule has 0 amide bonds. The van der Waals surface area contributed by atoms with E-state index in [-0.39, 0.29) is 12.4 Å². The number of nitrogens with one attached hydrogen (secondary N) is 1. The highest BCUT2D eigenvalue weighted by molar-refractivity contribution is 6.32. The van der Waals surface area contributed by atoms with Crippen LogP contribution in [0.15, 0.2) is 60.9 Å². The molecule has 0 aliphatic carbocycles. The average molecular weight is 440 g/mol. The molecule has 1 aromatic heterocycles. The number of halogens is 2. The van der Waals surface area contributed by atoms with Crippen LogP contribution in [0.1, 0.15) is 5.56 Å². The van der Waals surface area contributed by atoms with Crippen LogP contribution in [0, 0.1) is 5.82 Å². The first kappa shape index (κ1) is 20.7. The Kier molecular flexibility index (Phi) is 6.04. The summed E-state index contributed by atoms with van der Waals surface area (Å²) in [6, 6.07) is 15.3. The number of methoxy groups -OCH3 is 2. The van der Waals surface area contributed by atoms with Crippen molar-refractivity contribution in [2.75, 3.05) is 19.5 Å². The molecule has 3 aromatic carbocycles. The van der Waals surface area contributed by atoms with Gasteiger partial charge in [0.15, 0.2) is 11.5 Å². The Hall–Kier alpha value is -3.58. The summed E-state index contributed by atoms with van der Waals surface area (Å²) in [6.07, 6.45) is 1.46. The fourth-order valence-electron chi connectivity index (χ4n) is 3.09. The third-order valence-corrected chi connectivity index (χ3v) is 4.97. The van der Waals surface area contributed by atoms with Crippen molar-refractivity contribution < 1.29 is 18.6 Å². The molecule has 0 aliphatic heterocycles. The molecule has 0 saturated carbocycles. The van der Waals surface area contributed by atoms with Gasteiger partial charge in [-0.2, -0.15) is 0 Å². The van der Waals surface area contributed by atoms with Crippen molar-refractivity contribution in [3.63, 3.8) is 0 Å². The number of rotatable bonds is 7. The molecule has 0 bridgehead atoms. The van der Waals surface area contributed by atoms with Gasteiger partial charge >= 0.3 is 0 Å². The van der Waals surface area contributed by atoms with Crippen LogP contribution < -0.4 is 19.5 Å². The standard InChI is InChI=1S/C23H19ClFN3O3/c1-29-21-10-16-19(11-22(21)30-2)26-13-27-23(16)28-15-7-8-20(17(24)9-15)31-12-14-5-3-4-6-18(14)25/h3-11,13H,12H2,1-2H3,(H,26,27,28). The van der Waals surface area contributed by atoms with Gasteiger partial charge in [-0.25, -0.2) is 14.4 Å². The molecular weight excluding hydrogens is 421 g/mol. The van der Waals surface area contributed by atoms with Gasteiger partial charge in [-0.05, 0) is 30.3 Å². The van der Waals surface area contributed by atoms with E-state index in [1.807, 2.05) is 6.07 Å². The molecule has 6 nitrogen and oxygen atoms in total. The van der Waals surface area contributed by atoms with Gasteiger partial charge in [0.2, 0.25) is 0 Å². The predicted molar refractivity (Wildman–Crippen MR) is 118 cm³/mol. The van der Waals surface area contributed by atoms with E-state index in [0.29, 0.717) is 44.9 Å². The molecule has 4 rings (SSSR count). The minimum Gasteiger partial charge on any atom is -0.493 e. The molecule has 0 radical (unpaired) electrons. The molecule has 0 fully saturated rings.